The smallest absolute Gasteiger partial charge is 0.324 e. The van der Waals surface area contributed by atoms with E-state index in [0.717, 1.165) is 16.9 Å². The Bertz CT molecular complexity index is 340. The quantitative estimate of drug-likeness (QED) is 0.614. The third-order valence-corrected chi connectivity index (χ3v) is 3.20. The van der Waals surface area contributed by atoms with Crippen LogP contribution in [-0.4, -0.2) is 34.6 Å². The number of aliphatic hydroxyl groups excluding tert-OH is 1. The lowest BCUT2D eigenvalue weighted by molar-refractivity contribution is -0.380. The predicted molar refractivity (Wildman–Crippen MR) is 59.0 cm³/mol. The molecule has 0 aromatic carbocycles. The van der Waals surface area contributed by atoms with Gasteiger partial charge in [-0.15, -0.1) is 0 Å². The van der Waals surface area contributed by atoms with Crippen molar-refractivity contribution in [3.8, 4) is 0 Å². The molecule has 0 saturated heterocycles. The maximum Gasteiger partial charge on any atom is 0.324 e. The molecule has 0 amide bonds. The van der Waals surface area contributed by atoms with Crippen molar-refractivity contribution in [2.75, 3.05) is 13.7 Å². The van der Waals surface area contributed by atoms with E-state index < -0.39 is 0 Å². The molecule has 0 aliphatic heterocycles. The Labute approximate surface area is 92.1 Å². The zero-order valence-electron chi connectivity index (χ0n) is 8.71. The number of hydrogen-bond acceptors (Lipinski definition) is 5. The van der Waals surface area contributed by atoms with Crippen molar-refractivity contribution in [1.29, 1.82) is 0 Å². The van der Waals surface area contributed by atoms with Crippen LogP contribution in [0.3, 0.4) is 0 Å². The van der Waals surface area contributed by atoms with E-state index >= 15 is 0 Å². The van der Waals surface area contributed by atoms with Gasteiger partial charge in [-0.3, -0.25) is 15.0 Å². The Hall–Kier alpha value is -0.980. The van der Waals surface area contributed by atoms with Crippen LogP contribution in [0.4, 0.5) is 5.00 Å². The van der Waals surface area contributed by atoms with Crippen molar-refractivity contribution < 1.29 is 10.0 Å². The molecule has 6 heteroatoms. The van der Waals surface area contributed by atoms with Crippen LogP contribution in [0.25, 0.3) is 0 Å². The summed E-state index contributed by atoms with van der Waals surface area (Å²) < 4.78 is 0. The molecule has 0 aliphatic rings. The summed E-state index contributed by atoms with van der Waals surface area (Å²) in [4.78, 5) is 12.0. The molecular formula is C9H14N2O3S. The molecule has 0 aliphatic carbocycles. The minimum Gasteiger partial charge on any atom is -0.395 e. The highest BCUT2D eigenvalue weighted by molar-refractivity contribution is 7.13. The summed E-state index contributed by atoms with van der Waals surface area (Å²) in [6, 6.07) is 1.63. The standard InChI is InChI=1S/C9H14N2O3S/c1-7(5-12)10(2)4-8-3-9(11(13)14)15-6-8/h3,6-7,12H,4-5H2,1-2H3. The lowest BCUT2D eigenvalue weighted by atomic mass is 10.2. The Morgan fingerprint density at radius 2 is 2.40 bits per heavy atom. The number of rotatable bonds is 5. The molecule has 84 valence electrons. The van der Waals surface area contributed by atoms with Gasteiger partial charge in [-0.25, -0.2) is 0 Å². The first kappa shape index (κ1) is 12.1. The van der Waals surface area contributed by atoms with Crippen LogP contribution in [0.5, 0.6) is 0 Å². The highest BCUT2D eigenvalue weighted by Crippen LogP contribution is 2.23. The van der Waals surface area contributed by atoms with Crippen molar-refractivity contribution >= 4 is 16.3 Å². The van der Waals surface area contributed by atoms with E-state index in [4.69, 9.17) is 5.11 Å². The van der Waals surface area contributed by atoms with Crippen molar-refractivity contribution in [1.82, 2.24) is 4.90 Å². The maximum absolute atomic E-state index is 10.5. The highest BCUT2D eigenvalue weighted by Gasteiger charge is 2.13. The topological polar surface area (TPSA) is 66.6 Å². The molecule has 0 spiro atoms. The second-order valence-electron chi connectivity index (χ2n) is 3.50. The van der Waals surface area contributed by atoms with Crippen molar-refractivity contribution in [3.05, 3.63) is 27.1 Å². The summed E-state index contributed by atoms with van der Waals surface area (Å²) in [6.45, 7) is 2.61. The van der Waals surface area contributed by atoms with Crippen LogP contribution in [-0.2, 0) is 6.54 Å². The number of aliphatic hydroxyl groups is 1. The predicted octanol–water partition coefficient (Wildman–Crippen LogP) is 1.47. The largest absolute Gasteiger partial charge is 0.395 e. The van der Waals surface area contributed by atoms with Gasteiger partial charge >= 0.3 is 5.00 Å². The molecule has 0 radical (unpaired) electrons. The summed E-state index contributed by atoms with van der Waals surface area (Å²) >= 11 is 1.13. The second-order valence-corrected chi connectivity index (χ2v) is 4.39. The first-order valence-corrected chi connectivity index (χ1v) is 5.45. The Kier molecular flexibility index (Phi) is 4.19. The third-order valence-electron chi connectivity index (χ3n) is 2.27. The fraction of sp³-hybridized carbons (Fsp3) is 0.556. The summed E-state index contributed by atoms with van der Waals surface area (Å²) in [5.74, 6) is 0. The SMILES string of the molecule is CC(CO)N(C)Cc1csc([N+](=O)[O-])c1. The van der Waals surface area contributed by atoms with E-state index in [9.17, 15) is 10.1 Å². The number of hydrogen-bond donors (Lipinski definition) is 1. The van der Waals surface area contributed by atoms with Crippen LogP contribution < -0.4 is 0 Å². The van der Waals surface area contributed by atoms with E-state index in [2.05, 4.69) is 0 Å². The molecule has 1 aromatic heterocycles. The third kappa shape index (κ3) is 3.26. The molecule has 5 nitrogen and oxygen atoms in total. The average Bonchev–Trinajstić information content (AvgIpc) is 2.65. The summed E-state index contributed by atoms with van der Waals surface area (Å²) in [6.07, 6.45) is 0. The van der Waals surface area contributed by atoms with E-state index in [1.165, 1.54) is 0 Å². The van der Waals surface area contributed by atoms with Crippen molar-refractivity contribution in [3.63, 3.8) is 0 Å². The van der Waals surface area contributed by atoms with Gasteiger partial charge < -0.3 is 5.11 Å². The monoisotopic (exact) mass is 230 g/mol. The molecular weight excluding hydrogens is 216 g/mol. The number of nitro groups is 1. The molecule has 1 heterocycles. The van der Waals surface area contributed by atoms with E-state index in [-0.39, 0.29) is 22.6 Å². The minimum atomic E-state index is -0.385. The second kappa shape index (κ2) is 5.20. The average molecular weight is 230 g/mol. The molecule has 1 unspecified atom stereocenters. The number of thiophene rings is 1. The molecule has 1 N–H and O–H groups in total. The van der Waals surface area contributed by atoms with Crippen LogP contribution in [0.15, 0.2) is 11.4 Å². The van der Waals surface area contributed by atoms with E-state index in [1.807, 2.05) is 18.9 Å². The van der Waals surface area contributed by atoms with Crippen LogP contribution in [0.1, 0.15) is 12.5 Å². The summed E-state index contributed by atoms with van der Waals surface area (Å²) in [5.41, 5.74) is 0.912. The Balaban J connectivity index is 2.61. The molecule has 15 heavy (non-hydrogen) atoms. The van der Waals surface area contributed by atoms with Gasteiger partial charge in [-0.1, -0.05) is 11.3 Å². The highest BCUT2D eigenvalue weighted by atomic mass is 32.1. The van der Waals surface area contributed by atoms with Gasteiger partial charge in [0.2, 0.25) is 0 Å². The van der Waals surface area contributed by atoms with E-state index in [0.29, 0.717) is 6.54 Å². The van der Waals surface area contributed by atoms with Crippen LogP contribution in [0, 0.1) is 10.1 Å². The summed E-state index contributed by atoms with van der Waals surface area (Å²) in [5, 5.41) is 21.3. The zero-order chi connectivity index (χ0) is 11.4. The van der Waals surface area contributed by atoms with Gasteiger partial charge in [0.15, 0.2) is 0 Å². The molecule has 1 aromatic rings. The van der Waals surface area contributed by atoms with Gasteiger partial charge in [0.1, 0.15) is 0 Å². The number of nitrogens with zero attached hydrogens (tertiary/aromatic N) is 2. The molecule has 0 saturated carbocycles. The minimum absolute atomic E-state index is 0.0592. The van der Waals surface area contributed by atoms with E-state index in [1.54, 1.807) is 11.4 Å². The molecule has 0 bridgehead atoms. The van der Waals surface area contributed by atoms with Crippen molar-refractivity contribution in [2.24, 2.45) is 0 Å². The number of likely N-dealkylation sites (N-methyl/N-ethyl adjacent to an activating group) is 1. The fourth-order valence-electron chi connectivity index (χ4n) is 1.12. The molecule has 1 rings (SSSR count). The van der Waals surface area contributed by atoms with Gasteiger partial charge in [0.05, 0.1) is 11.5 Å². The Morgan fingerprint density at radius 1 is 1.73 bits per heavy atom. The van der Waals surface area contributed by atoms with Gasteiger partial charge in [0, 0.05) is 24.0 Å². The van der Waals surface area contributed by atoms with Crippen LogP contribution in [0.2, 0.25) is 0 Å². The van der Waals surface area contributed by atoms with Gasteiger partial charge in [-0.2, -0.15) is 0 Å². The summed E-state index contributed by atoms with van der Waals surface area (Å²) in [7, 11) is 1.88. The first-order valence-electron chi connectivity index (χ1n) is 4.57. The van der Waals surface area contributed by atoms with Gasteiger partial charge in [0.25, 0.3) is 0 Å². The maximum atomic E-state index is 10.5. The molecule has 0 fully saturated rings. The van der Waals surface area contributed by atoms with Gasteiger partial charge in [-0.05, 0) is 19.5 Å². The first-order chi connectivity index (χ1) is 7.04. The fourth-order valence-corrected chi connectivity index (χ4v) is 1.84. The normalized spacial score (nSPS) is 13.1. The van der Waals surface area contributed by atoms with Crippen LogP contribution >= 0.6 is 11.3 Å². The Morgan fingerprint density at radius 3 is 2.87 bits per heavy atom. The lowest BCUT2D eigenvalue weighted by Gasteiger charge is -2.21. The lowest BCUT2D eigenvalue weighted by Crippen LogP contribution is -2.31. The van der Waals surface area contributed by atoms with Crippen molar-refractivity contribution in [2.45, 2.75) is 19.5 Å². The zero-order valence-corrected chi connectivity index (χ0v) is 9.53. The molecule has 1 atom stereocenters.